The topological polar surface area (TPSA) is 87.4 Å². The molecule has 1 aliphatic heterocycles. The van der Waals surface area contributed by atoms with Gasteiger partial charge in [0.15, 0.2) is 11.8 Å². The smallest absolute Gasteiger partial charge is 0.225 e. The number of carbonyl (C=O) groups excluding carboxylic acids is 1. The largest absolute Gasteiger partial charge is 0.352 e. The van der Waals surface area contributed by atoms with Crippen molar-refractivity contribution >= 4 is 23.2 Å². The van der Waals surface area contributed by atoms with Crippen molar-refractivity contribution in [2.24, 2.45) is 18.0 Å². The number of likely N-dealkylation sites (tertiary alicyclic amines) is 1. The van der Waals surface area contributed by atoms with Gasteiger partial charge in [-0.25, -0.2) is 4.99 Å². The van der Waals surface area contributed by atoms with E-state index in [0.717, 1.165) is 56.5 Å². The maximum absolute atomic E-state index is 12.9. The molecular formula is C22H33N7OS. The van der Waals surface area contributed by atoms with E-state index < -0.39 is 0 Å². The van der Waals surface area contributed by atoms with Crippen LogP contribution in [0.25, 0.3) is 0 Å². The van der Waals surface area contributed by atoms with Gasteiger partial charge in [-0.05, 0) is 37.6 Å². The molecule has 1 unspecified atom stereocenters. The SMILES string of the molecule is Cc1nnc(CN=C(NCc2cccs2)NC2CCN(C(=O)C3CCCCC3)C2)n1C. The van der Waals surface area contributed by atoms with Crippen molar-refractivity contribution < 1.29 is 4.79 Å². The fourth-order valence-corrected chi connectivity index (χ4v) is 5.00. The predicted octanol–water partition coefficient (Wildman–Crippen LogP) is 2.60. The number of nitrogens with one attached hydrogen (secondary N) is 2. The van der Waals surface area contributed by atoms with E-state index in [2.05, 4.69) is 43.2 Å². The summed E-state index contributed by atoms with van der Waals surface area (Å²) < 4.78 is 1.96. The lowest BCUT2D eigenvalue weighted by atomic mass is 9.88. The summed E-state index contributed by atoms with van der Waals surface area (Å²) >= 11 is 1.72. The van der Waals surface area contributed by atoms with Gasteiger partial charge in [0.1, 0.15) is 12.4 Å². The number of aliphatic imine (C=N–C) groups is 1. The van der Waals surface area contributed by atoms with Gasteiger partial charge < -0.3 is 20.1 Å². The Morgan fingerprint density at radius 2 is 2.10 bits per heavy atom. The van der Waals surface area contributed by atoms with Gasteiger partial charge in [-0.2, -0.15) is 0 Å². The first-order valence-corrected chi connectivity index (χ1v) is 12.2. The van der Waals surface area contributed by atoms with Gasteiger partial charge in [0.25, 0.3) is 0 Å². The highest BCUT2D eigenvalue weighted by atomic mass is 32.1. The van der Waals surface area contributed by atoms with Gasteiger partial charge >= 0.3 is 0 Å². The van der Waals surface area contributed by atoms with E-state index in [9.17, 15) is 4.79 Å². The quantitative estimate of drug-likeness (QED) is 0.529. The van der Waals surface area contributed by atoms with Crippen molar-refractivity contribution in [2.45, 2.75) is 64.6 Å². The molecule has 3 heterocycles. The second kappa shape index (κ2) is 10.3. The van der Waals surface area contributed by atoms with E-state index in [-0.39, 0.29) is 12.0 Å². The van der Waals surface area contributed by atoms with E-state index in [0.29, 0.717) is 12.5 Å². The molecule has 0 spiro atoms. The zero-order chi connectivity index (χ0) is 21.6. The predicted molar refractivity (Wildman–Crippen MR) is 123 cm³/mol. The molecule has 2 aliphatic rings. The van der Waals surface area contributed by atoms with Crippen molar-refractivity contribution in [3.05, 3.63) is 34.0 Å². The van der Waals surface area contributed by atoms with Crippen LogP contribution in [0, 0.1) is 12.8 Å². The third-order valence-corrected chi connectivity index (χ3v) is 7.24. The van der Waals surface area contributed by atoms with Crippen LogP contribution in [0.3, 0.4) is 0 Å². The summed E-state index contributed by atoms with van der Waals surface area (Å²) in [7, 11) is 1.96. The number of amides is 1. The van der Waals surface area contributed by atoms with E-state index in [1.807, 2.05) is 18.5 Å². The minimum Gasteiger partial charge on any atom is -0.352 e. The van der Waals surface area contributed by atoms with Crippen LogP contribution in [0.1, 0.15) is 55.1 Å². The molecule has 1 saturated heterocycles. The Bertz CT molecular complexity index is 886. The molecule has 1 saturated carbocycles. The van der Waals surface area contributed by atoms with Crippen LogP contribution in [0.4, 0.5) is 0 Å². The Morgan fingerprint density at radius 3 is 2.81 bits per heavy atom. The number of nitrogens with zero attached hydrogens (tertiary/aromatic N) is 5. The first-order valence-electron chi connectivity index (χ1n) is 11.3. The molecule has 1 atom stereocenters. The number of thiophene rings is 1. The molecule has 31 heavy (non-hydrogen) atoms. The maximum Gasteiger partial charge on any atom is 0.225 e. The number of hydrogen-bond donors (Lipinski definition) is 2. The molecule has 2 aromatic rings. The summed E-state index contributed by atoms with van der Waals surface area (Å²) in [5, 5.41) is 17.4. The standard InChI is InChI=1S/C22H33N7OS/c1-16-26-27-20(28(16)2)14-24-22(23-13-19-9-6-12-31-19)25-18-10-11-29(15-18)21(30)17-7-4-3-5-8-17/h6,9,12,17-18H,3-5,7-8,10-11,13-15H2,1-2H3,(H2,23,24,25). The summed E-state index contributed by atoms with van der Waals surface area (Å²) in [5.74, 6) is 3.04. The highest BCUT2D eigenvalue weighted by molar-refractivity contribution is 7.09. The molecule has 168 valence electrons. The normalized spacial score (nSPS) is 20.3. The van der Waals surface area contributed by atoms with Crippen LogP contribution < -0.4 is 10.6 Å². The minimum atomic E-state index is 0.211. The van der Waals surface area contributed by atoms with Gasteiger partial charge in [-0.3, -0.25) is 4.79 Å². The maximum atomic E-state index is 12.9. The number of carbonyl (C=O) groups is 1. The lowest BCUT2D eigenvalue weighted by molar-refractivity contribution is -0.135. The van der Waals surface area contributed by atoms with Gasteiger partial charge in [0.05, 0.1) is 6.54 Å². The molecule has 0 radical (unpaired) electrons. The van der Waals surface area contributed by atoms with Crippen molar-refractivity contribution in [3.63, 3.8) is 0 Å². The van der Waals surface area contributed by atoms with Gasteiger partial charge in [0, 0.05) is 37.0 Å². The summed E-state index contributed by atoms with van der Waals surface area (Å²) in [6.07, 6.45) is 6.71. The van der Waals surface area contributed by atoms with Crippen molar-refractivity contribution in [1.29, 1.82) is 0 Å². The van der Waals surface area contributed by atoms with E-state index >= 15 is 0 Å². The number of rotatable bonds is 6. The molecule has 0 aromatic carbocycles. The van der Waals surface area contributed by atoms with E-state index in [1.165, 1.54) is 24.1 Å². The number of hydrogen-bond acceptors (Lipinski definition) is 5. The number of guanidine groups is 1. The highest BCUT2D eigenvalue weighted by Gasteiger charge is 2.31. The fraction of sp³-hybridized carbons (Fsp3) is 0.636. The van der Waals surface area contributed by atoms with Crippen LogP contribution >= 0.6 is 11.3 Å². The first kappa shape index (κ1) is 21.8. The van der Waals surface area contributed by atoms with Crippen LogP contribution in [-0.2, 0) is 24.9 Å². The molecular weight excluding hydrogens is 410 g/mol. The minimum absolute atomic E-state index is 0.211. The fourth-order valence-electron chi connectivity index (χ4n) is 4.35. The Kier molecular flexibility index (Phi) is 7.21. The summed E-state index contributed by atoms with van der Waals surface area (Å²) in [4.78, 5) is 21.0. The van der Waals surface area contributed by atoms with Gasteiger partial charge in [-0.15, -0.1) is 21.5 Å². The van der Waals surface area contributed by atoms with Crippen LogP contribution in [0.15, 0.2) is 22.5 Å². The summed E-state index contributed by atoms with van der Waals surface area (Å²) in [5.41, 5.74) is 0. The molecule has 0 bridgehead atoms. The Balaban J connectivity index is 1.37. The van der Waals surface area contributed by atoms with Crippen LogP contribution in [-0.4, -0.2) is 50.7 Å². The molecule has 2 aromatic heterocycles. The third-order valence-electron chi connectivity index (χ3n) is 6.37. The molecule has 9 heteroatoms. The van der Waals surface area contributed by atoms with Crippen LogP contribution in [0.2, 0.25) is 0 Å². The van der Waals surface area contributed by atoms with Crippen molar-refractivity contribution in [2.75, 3.05) is 13.1 Å². The summed E-state index contributed by atoms with van der Waals surface area (Å²) in [6.45, 7) is 4.68. The molecule has 1 amide bonds. The average Bonchev–Trinajstić information content (AvgIpc) is 3.54. The van der Waals surface area contributed by atoms with Gasteiger partial charge in [0.2, 0.25) is 5.91 Å². The Hall–Kier alpha value is -2.42. The van der Waals surface area contributed by atoms with E-state index in [1.54, 1.807) is 11.3 Å². The monoisotopic (exact) mass is 443 g/mol. The second-order valence-electron chi connectivity index (χ2n) is 8.57. The Morgan fingerprint density at radius 1 is 1.26 bits per heavy atom. The molecule has 8 nitrogen and oxygen atoms in total. The molecule has 2 fully saturated rings. The zero-order valence-electron chi connectivity index (χ0n) is 18.5. The highest BCUT2D eigenvalue weighted by Crippen LogP contribution is 2.26. The molecule has 1 aliphatic carbocycles. The molecule has 4 rings (SSSR count). The first-order chi connectivity index (χ1) is 15.1. The van der Waals surface area contributed by atoms with Crippen molar-refractivity contribution in [3.8, 4) is 0 Å². The van der Waals surface area contributed by atoms with Crippen molar-refractivity contribution in [1.82, 2.24) is 30.3 Å². The van der Waals surface area contributed by atoms with E-state index in [4.69, 9.17) is 4.99 Å². The lowest BCUT2D eigenvalue weighted by Crippen LogP contribution is -2.45. The summed E-state index contributed by atoms with van der Waals surface area (Å²) in [6, 6.07) is 4.38. The van der Waals surface area contributed by atoms with Gasteiger partial charge in [-0.1, -0.05) is 25.3 Å². The second-order valence-corrected chi connectivity index (χ2v) is 9.60. The third kappa shape index (κ3) is 5.64. The Labute approximate surface area is 188 Å². The van der Waals surface area contributed by atoms with Crippen LogP contribution in [0.5, 0.6) is 0 Å². The lowest BCUT2D eigenvalue weighted by Gasteiger charge is -2.26. The number of aromatic nitrogens is 3. The number of aryl methyl sites for hydroxylation is 1. The average molecular weight is 444 g/mol. The molecule has 2 N–H and O–H groups in total. The zero-order valence-corrected chi connectivity index (χ0v) is 19.3.